The number of hydrogen-bond donors (Lipinski definition) is 1. The predicted molar refractivity (Wildman–Crippen MR) is 58.1 cm³/mol. The molecule has 1 heterocycles. The van der Waals surface area contributed by atoms with Crippen molar-refractivity contribution in [2.24, 2.45) is 0 Å². The molecular weight excluding hydrogens is 188 g/mol. The molecule has 1 aromatic rings. The molecular formula is C13H16O2. The van der Waals surface area contributed by atoms with E-state index in [4.69, 9.17) is 4.74 Å². The van der Waals surface area contributed by atoms with Gasteiger partial charge in [-0.3, -0.25) is 0 Å². The van der Waals surface area contributed by atoms with Crippen molar-refractivity contribution in [2.75, 3.05) is 6.61 Å². The van der Waals surface area contributed by atoms with Gasteiger partial charge in [-0.2, -0.15) is 0 Å². The van der Waals surface area contributed by atoms with Crippen LogP contribution in [0, 0.1) is 0 Å². The normalized spacial score (nSPS) is 21.7. The summed E-state index contributed by atoms with van der Waals surface area (Å²) in [5.41, 5.74) is 2.07. The second-order valence-electron chi connectivity index (χ2n) is 4.76. The van der Waals surface area contributed by atoms with Crippen molar-refractivity contribution in [3.8, 4) is 5.75 Å². The fraction of sp³-hybridized carbons (Fsp3) is 0.538. The smallest absolute Gasteiger partial charge is 0.125 e. The first kappa shape index (κ1) is 9.22. The summed E-state index contributed by atoms with van der Waals surface area (Å²) in [7, 11) is 0. The molecule has 0 spiro atoms. The van der Waals surface area contributed by atoms with Crippen LogP contribution in [-0.2, 0) is 12.8 Å². The average molecular weight is 204 g/mol. The fourth-order valence-corrected chi connectivity index (χ4v) is 2.27. The van der Waals surface area contributed by atoms with Gasteiger partial charge in [-0.25, -0.2) is 0 Å². The van der Waals surface area contributed by atoms with Gasteiger partial charge in [-0.05, 0) is 36.8 Å². The van der Waals surface area contributed by atoms with Gasteiger partial charge in [0.05, 0.1) is 12.2 Å². The van der Waals surface area contributed by atoms with E-state index in [1.54, 1.807) is 0 Å². The summed E-state index contributed by atoms with van der Waals surface area (Å²) in [4.78, 5) is 0. The van der Waals surface area contributed by atoms with Crippen LogP contribution in [0.1, 0.15) is 30.4 Å². The van der Waals surface area contributed by atoms with Crippen LogP contribution < -0.4 is 4.74 Å². The minimum atomic E-state index is -0.421. The fourth-order valence-electron chi connectivity index (χ4n) is 2.27. The molecule has 2 nitrogen and oxygen atoms in total. The van der Waals surface area contributed by atoms with E-state index in [9.17, 15) is 5.11 Å². The molecule has 1 saturated carbocycles. The first-order chi connectivity index (χ1) is 7.27. The number of para-hydroxylation sites is 1. The van der Waals surface area contributed by atoms with Gasteiger partial charge in [0, 0.05) is 6.42 Å². The van der Waals surface area contributed by atoms with Gasteiger partial charge in [0.2, 0.25) is 0 Å². The van der Waals surface area contributed by atoms with Gasteiger partial charge >= 0.3 is 0 Å². The van der Waals surface area contributed by atoms with Crippen molar-refractivity contribution in [3.05, 3.63) is 29.3 Å². The molecule has 1 fully saturated rings. The molecule has 3 rings (SSSR count). The lowest BCUT2D eigenvalue weighted by atomic mass is 9.98. The summed E-state index contributed by atoms with van der Waals surface area (Å²) < 4.78 is 5.72. The predicted octanol–water partition coefficient (Wildman–Crippen LogP) is 2.08. The molecule has 0 bridgehead atoms. The Morgan fingerprint density at radius 3 is 3.00 bits per heavy atom. The highest BCUT2D eigenvalue weighted by atomic mass is 16.5. The molecule has 0 amide bonds. The molecule has 0 atom stereocenters. The summed E-state index contributed by atoms with van der Waals surface area (Å²) in [6, 6.07) is 6.30. The number of fused-ring (bicyclic) bond motifs is 1. The molecule has 80 valence electrons. The molecule has 0 radical (unpaired) electrons. The van der Waals surface area contributed by atoms with E-state index in [1.807, 2.05) is 0 Å². The van der Waals surface area contributed by atoms with Crippen molar-refractivity contribution in [1.82, 2.24) is 0 Å². The van der Waals surface area contributed by atoms with E-state index in [0.29, 0.717) is 0 Å². The lowest BCUT2D eigenvalue weighted by molar-refractivity contribution is 0.149. The third kappa shape index (κ3) is 1.74. The summed E-state index contributed by atoms with van der Waals surface area (Å²) in [6.45, 7) is 0.822. The molecule has 2 aliphatic rings. The van der Waals surface area contributed by atoms with Crippen LogP contribution in [0.3, 0.4) is 0 Å². The van der Waals surface area contributed by atoms with E-state index in [2.05, 4.69) is 18.2 Å². The van der Waals surface area contributed by atoms with Crippen LogP contribution in [-0.4, -0.2) is 17.3 Å². The Hall–Kier alpha value is -1.02. The molecule has 1 aromatic carbocycles. The minimum absolute atomic E-state index is 0.421. The highest BCUT2D eigenvalue weighted by molar-refractivity contribution is 5.43. The molecule has 1 N–H and O–H groups in total. The third-order valence-electron chi connectivity index (χ3n) is 3.36. The first-order valence-electron chi connectivity index (χ1n) is 5.73. The first-order valence-corrected chi connectivity index (χ1v) is 5.73. The quantitative estimate of drug-likeness (QED) is 0.799. The van der Waals surface area contributed by atoms with Crippen LogP contribution in [0.2, 0.25) is 0 Å². The van der Waals surface area contributed by atoms with Gasteiger partial charge in [0.25, 0.3) is 0 Å². The van der Waals surface area contributed by atoms with Crippen molar-refractivity contribution in [3.63, 3.8) is 0 Å². The van der Waals surface area contributed by atoms with E-state index in [1.165, 1.54) is 11.1 Å². The number of hydrogen-bond acceptors (Lipinski definition) is 2. The molecule has 2 heteroatoms. The van der Waals surface area contributed by atoms with Gasteiger partial charge in [0.15, 0.2) is 0 Å². The SMILES string of the molecule is OC1(Cc2cccc3c2OCCC3)CC1. The average Bonchev–Trinajstić information content (AvgIpc) is 2.97. The highest BCUT2D eigenvalue weighted by Crippen LogP contribution is 2.41. The van der Waals surface area contributed by atoms with Gasteiger partial charge in [-0.15, -0.1) is 0 Å². The Bertz CT molecular complexity index is 380. The zero-order chi connectivity index (χ0) is 10.3. The van der Waals surface area contributed by atoms with Crippen LogP contribution >= 0.6 is 0 Å². The lowest BCUT2D eigenvalue weighted by Gasteiger charge is -2.21. The molecule has 15 heavy (non-hydrogen) atoms. The van der Waals surface area contributed by atoms with E-state index in [0.717, 1.165) is 44.5 Å². The van der Waals surface area contributed by atoms with Gasteiger partial charge in [-0.1, -0.05) is 18.2 Å². The minimum Gasteiger partial charge on any atom is -0.493 e. The molecule has 0 aromatic heterocycles. The van der Waals surface area contributed by atoms with Crippen molar-refractivity contribution in [2.45, 2.75) is 37.7 Å². The maximum Gasteiger partial charge on any atom is 0.125 e. The Morgan fingerprint density at radius 1 is 1.33 bits per heavy atom. The molecule has 1 aliphatic carbocycles. The second kappa shape index (κ2) is 3.24. The number of rotatable bonds is 2. The topological polar surface area (TPSA) is 29.5 Å². The lowest BCUT2D eigenvalue weighted by Crippen LogP contribution is -2.15. The summed E-state index contributed by atoms with van der Waals surface area (Å²) in [5, 5.41) is 9.93. The van der Waals surface area contributed by atoms with E-state index < -0.39 is 5.60 Å². The van der Waals surface area contributed by atoms with Crippen LogP contribution in [0.25, 0.3) is 0 Å². The Kier molecular flexibility index (Phi) is 1.99. The third-order valence-corrected chi connectivity index (χ3v) is 3.36. The van der Waals surface area contributed by atoms with Crippen molar-refractivity contribution >= 4 is 0 Å². The maximum absolute atomic E-state index is 9.93. The van der Waals surface area contributed by atoms with Crippen LogP contribution in [0.15, 0.2) is 18.2 Å². The zero-order valence-electron chi connectivity index (χ0n) is 8.83. The maximum atomic E-state index is 9.93. The number of ether oxygens (including phenoxy) is 1. The van der Waals surface area contributed by atoms with Crippen molar-refractivity contribution < 1.29 is 9.84 Å². The Labute approximate surface area is 89.9 Å². The zero-order valence-corrected chi connectivity index (χ0v) is 8.83. The number of aliphatic hydroxyl groups is 1. The van der Waals surface area contributed by atoms with Crippen molar-refractivity contribution in [1.29, 1.82) is 0 Å². The Morgan fingerprint density at radius 2 is 2.20 bits per heavy atom. The Balaban J connectivity index is 1.92. The van der Waals surface area contributed by atoms with Gasteiger partial charge in [0.1, 0.15) is 5.75 Å². The number of aryl methyl sites for hydroxylation is 1. The number of benzene rings is 1. The molecule has 1 aliphatic heterocycles. The van der Waals surface area contributed by atoms with E-state index in [-0.39, 0.29) is 0 Å². The molecule has 0 saturated heterocycles. The standard InChI is InChI=1S/C13H16O2/c14-13(6-7-13)9-11-4-1-3-10-5-2-8-15-12(10)11/h1,3-4,14H,2,5-9H2. The molecule has 0 unspecified atom stereocenters. The monoisotopic (exact) mass is 204 g/mol. The second-order valence-corrected chi connectivity index (χ2v) is 4.76. The summed E-state index contributed by atoms with van der Waals surface area (Å²) >= 11 is 0. The van der Waals surface area contributed by atoms with Crippen LogP contribution in [0.4, 0.5) is 0 Å². The van der Waals surface area contributed by atoms with E-state index >= 15 is 0 Å². The highest BCUT2D eigenvalue weighted by Gasteiger charge is 2.41. The largest absolute Gasteiger partial charge is 0.493 e. The van der Waals surface area contributed by atoms with Crippen LogP contribution in [0.5, 0.6) is 5.75 Å². The summed E-state index contributed by atoms with van der Waals surface area (Å²) in [5.74, 6) is 1.05. The summed E-state index contributed by atoms with van der Waals surface area (Å²) in [6.07, 6.45) is 4.87. The van der Waals surface area contributed by atoms with Gasteiger partial charge < -0.3 is 9.84 Å².